The molecule has 0 aliphatic carbocycles. The molecule has 19 heavy (non-hydrogen) atoms. The van der Waals surface area contributed by atoms with Crippen molar-refractivity contribution in [3.63, 3.8) is 0 Å². The first-order chi connectivity index (χ1) is 9.13. The average molecular weight is 285 g/mol. The van der Waals surface area contributed by atoms with Gasteiger partial charge in [-0.3, -0.25) is 9.11 Å². The molecule has 2 rings (SSSR count). The van der Waals surface area contributed by atoms with Crippen molar-refractivity contribution in [2.45, 2.75) is 6.04 Å². The van der Waals surface area contributed by atoms with E-state index in [2.05, 4.69) is 0 Å². The van der Waals surface area contributed by atoms with Gasteiger partial charge in [-0.05, 0) is 6.07 Å². The van der Waals surface area contributed by atoms with Gasteiger partial charge in [0.05, 0.1) is 7.11 Å². The quantitative estimate of drug-likeness (QED) is 0.780. The third-order valence-electron chi connectivity index (χ3n) is 3.20. The Hall–Kier alpha value is -1.27. The lowest BCUT2D eigenvalue weighted by molar-refractivity contribution is -0.147. The minimum Gasteiger partial charge on any atom is -0.468 e. The van der Waals surface area contributed by atoms with Gasteiger partial charge >= 0.3 is 5.97 Å². The zero-order valence-corrected chi connectivity index (χ0v) is 11.5. The van der Waals surface area contributed by atoms with Gasteiger partial charge in [0, 0.05) is 41.0 Å². The van der Waals surface area contributed by atoms with Crippen LogP contribution in [0.5, 0.6) is 0 Å². The number of hydrogen-bond donors (Lipinski definition) is 0. The predicted molar refractivity (Wildman–Crippen MR) is 70.6 cm³/mol. The number of halogens is 1. The SMILES string of the molecule is COC(=O)[C@H](c1ccccc1F)N1CCS(=O)CC1. The maximum atomic E-state index is 13.9. The molecule has 1 aromatic carbocycles. The average Bonchev–Trinajstić information content (AvgIpc) is 2.43. The van der Waals surface area contributed by atoms with Crippen molar-refractivity contribution in [3.05, 3.63) is 35.6 Å². The van der Waals surface area contributed by atoms with E-state index in [4.69, 9.17) is 4.74 Å². The summed E-state index contributed by atoms with van der Waals surface area (Å²) in [5.74, 6) is 0.0894. The smallest absolute Gasteiger partial charge is 0.327 e. The van der Waals surface area contributed by atoms with Gasteiger partial charge in [-0.1, -0.05) is 18.2 Å². The molecule has 1 fully saturated rings. The molecule has 0 aromatic heterocycles. The summed E-state index contributed by atoms with van der Waals surface area (Å²) in [7, 11) is 0.448. The van der Waals surface area contributed by atoms with Crippen LogP contribution in [-0.4, -0.2) is 46.8 Å². The predicted octanol–water partition coefficient (Wildman–Crippen LogP) is 1.10. The van der Waals surface area contributed by atoms with Gasteiger partial charge < -0.3 is 4.74 Å². The standard InChI is InChI=1S/C13H16FNO3S/c1-18-13(16)12(10-4-2-3-5-11(10)14)15-6-8-19(17)9-7-15/h2-5,12H,6-9H2,1H3/t12-/m0/s1. The van der Waals surface area contributed by atoms with Crippen LogP contribution < -0.4 is 0 Å². The number of ether oxygens (including phenoxy) is 1. The summed E-state index contributed by atoms with van der Waals surface area (Å²) in [4.78, 5) is 13.8. The summed E-state index contributed by atoms with van der Waals surface area (Å²) in [5, 5.41) is 0. The zero-order chi connectivity index (χ0) is 13.8. The summed E-state index contributed by atoms with van der Waals surface area (Å²) in [6.07, 6.45) is 0. The van der Waals surface area contributed by atoms with Crippen LogP contribution in [0.25, 0.3) is 0 Å². The van der Waals surface area contributed by atoms with Crippen LogP contribution in [0.2, 0.25) is 0 Å². The minimum atomic E-state index is -0.842. The molecule has 1 aliphatic rings. The van der Waals surface area contributed by atoms with E-state index in [-0.39, 0.29) is 0 Å². The van der Waals surface area contributed by atoms with E-state index in [0.717, 1.165) is 0 Å². The van der Waals surface area contributed by atoms with Crippen molar-refractivity contribution in [1.29, 1.82) is 0 Å². The zero-order valence-electron chi connectivity index (χ0n) is 10.7. The van der Waals surface area contributed by atoms with E-state index < -0.39 is 28.6 Å². The summed E-state index contributed by atoms with van der Waals surface area (Å²) in [6, 6.07) is 5.42. The highest BCUT2D eigenvalue weighted by molar-refractivity contribution is 7.85. The summed E-state index contributed by atoms with van der Waals surface area (Å²) in [5.41, 5.74) is 0.307. The highest BCUT2D eigenvalue weighted by Gasteiger charge is 2.32. The Kier molecular flexibility index (Phi) is 4.66. The van der Waals surface area contributed by atoms with E-state index in [9.17, 15) is 13.4 Å². The second-order valence-corrected chi connectivity index (χ2v) is 6.03. The lowest BCUT2D eigenvalue weighted by atomic mass is 10.0. The van der Waals surface area contributed by atoms with Gasteiger partial charge in [0.15, 0.2) is 0 Å². The Labute approximate surface area is 114 Å². The third kappa shape index (κ3) is 3.19. The first kappa shape index (κ1) is 14.1. The van der Waals surface area contributed by atoms with E-state index in [1.54, 1.807) is 18.2 Å². The van der Waals surface area contributed by atoms with Crippen LogP contribution in [0.1, 0.15) is 11.6 Å². The Morgan fingerprint density at radius 1 is 1.37 bits per heavy atom. The maximum absolute atomic E-state index is 13.9. The van der Waals surface area contributed by atoms with Crippen LogP contribution in [0.3, 0.4) is 0 Å². The number of methoxy groups -OCH3 is 1. The largest absolute Gasteiger partial charge is 0.468 e. The molecule has 0 N–H and O–H groups in total. The molecule has 6 heteroatoms. The van der Waals surface area contributed by atoms with Crippen LogP contribution >= 0.6 is 0 Å². The van der Waals surface area contributed by atoms with Crippen molar-refractivity contribution in [3.8, 4) is 0 Å². The van der Waals surface area contributed by atoms with Crippen molar-refractivity contribution in [2.24, 2.45) is 0 Å². The molecule has 1 heterocycles. The summed E-state index contributed by atoms with van der Waals surface area (Å²) in [6.45, 7) is 1.00. The van der Waals surface area contributed by atoms with Crippen LogP contribution in [0, 0.1) is 5.82 Å². The Balaban J connectivity index is 2.29. The van der Waals surface area contributed by atoms with Crippen molar-refractivity contribution >= 4 is 16.8 Å². The molecule has 0 saturated carbocycles. The van der Waals surface area contributed by atoms with E-state index >= 15 is 0 Å². The first-order valence-corrected chi connectivity index (χ1v) is 7.53. The number of carbonyl (C=O) groups excluding carboxylic acids is 1. The number of benzene rings is 1. The van der Waals surface area contributed by atoms with Gasteiger partial charge in [0.2, 0.25) is 0 Å². The molecule has 0 amide bonds. The molecule has 4 nitrogen and oxygen atoms in total. The normalized spacial score (nSPS) is 19.1. The van der Waals surface area contributed by atoms with Crippen molar-refractivity contribution < 1.29 is 18.1 Å². The molecule has 0 spiro atoms. The van der Waals surface area contributed by atoms with Crippen LogP contribution in [-0.2, 0) is 20.3 Å². The fourth-order valence-corrected chi connectivity index (χ4v) is 3.27. The molecule has 1 aromatic rings. The Bertz CT molecular complexity index is 485. The Morgan fingerprint density at radius 2 is 2.00 bits per heavy atom. The monoisotopic (exact) mass is 285 g/mol. The number of hydrogen-bond acceptors (Lipinski definition) is 4. The fraction of sp³-hybridized carbons (Fsp3) is 0.462. The van der Waals surface area contributed by atoms with Gasteiger partial charge in [-0.15, -0.1) is 0 Å². The van der Waals surface area contributed by atoms with E-state index in [1.807, 2.05) is 4.90 Å². The van der Waals surface area contributed by atoms with Crippen molar-refractivity contribution in [2.75, 3.05) is 31.7 Å². The second-order valence-electron chi connectivity index (χ2n) is 4.33. The molecule has 1 atom stereocenters. The fourth-order valence-electron chi connectivity index (χ4n) is 2.19. The number of esters is 1. The minimum absolute atomic E-state index is 0.307. The van der Waals surface area contributed by atoms with Gasteiger partial charge in [-0.2, -0.15) is 0 Å². The molecule has 104 valence electrons. The lowest BCUT2D eigenvalue weighted by Crippen LogP contribution is -2.43. The van der Waals surface area contributed by atoms with Crippen molar-refractivity contribution in [1.82, 2.24) is 4.90 Å². The topological polar surface area (TPSA) is 46.6 Å². The maximum Gasteiger partial charge on any atom is 0.327 e. The number of carbonyl (C=O) groups is 1. The van der Waals surface area contributed by atoms with E-state index in [1.165, 1.54) is 13.2 Å². The van der Waals surface area contributed by atoms with Gasteiger partial charge in [0.1, 0.15) is 11.9 Å². The molecule has 0 bridgehead atoms. The van der Waals surface area contributed by atoms with Gasteiger partial charge in [0.25, 0.3) is 0 Å². The molecular weight excluding hydrogens is 269 g/mol. The molecule has 0 unspecified atom stereocenters. The lowest BCUT2D eigenvalue weighted by Gasteiger charge is -2.32. The summed E-state index contributed by atoms with van der Waals surface area (Å²) < 4.78 is 30.0. The highest BCUT2D eigenvalue weighted by atomic mass is 32.2. The number of rotatable bonds is 3. The van der Waals surface area contributed by atoms with Gasteiger partial charge in [-0.25, -0.2) is 9.18 Å². The Morgan fingerprint density at radius 3 is 2.58 bits per heavy atom. The molecular formula is C13H16FNO3S. The third-order valence-corrected chi connectivity index (χ3v) is 4.48. The van der Waals surface area contributed by atoms with Crippen LogP contribution in [0.15, 0.2) is 24.3 Å². The van der Waals surface area contributed by atoms with E-state index in [0.29, 0.717) is 30.2 Å². The first-order valence-electron chi connectivity index (χ1n) is 6.04. The highest BCUT2D eigenvalue weighted by Crippen LogP contribution is 2.25. The second kappa shape index (κ2) is 6.25. The summed E-state index contributed by atoms with van der Waals surface area (Å²) >= 11 is 0. The van der Waals surface area contributed by atoms with Crippen LogP contribution in [0.4, 0.5) is 4.39 Å². The molecule has 1 aliphatic heterocycles. The molecule has 0 radical (unpaired) electrons. The number of nitrogens with zero attached hydrogens (tertiary/aromatic N) is 1. The molecule has 1 saturated heterocycles.